The molecule has 1 unspecified atom stereocenters. The van der Waals surface area contributed by atoms with E-state index in [1.165, 1.54) is 12.8 Å². The first-order valence-electron chi connectivity index (χ1n) is 5.95. The first kappa shape index (κ1) is 9.78. The summed E-state index contributed by atoms with van der Waals surface area (Å²) in [6.07, 6.45) is 5.59. The Morgan fingerprint density at radius 2 is 2.50 bits per heavy atom. The minimum absolute atomic E-state index is 0.384. The lowest BCUT2D eigenvalue weighted by atomic mass is 10.3. The average Bonchev–Trinajstić information content (AvgIpc) is 2.94. The molecule has 1 aliphatic heterocycles. The van der Waals surface area contributed by atoms with Gasteiger partial charge in [-0.25, -0.2) is 9.97 Å². The van der Waals surface area contributed by atoms with Crippen LogP contribution in [0.25, 0.3) is 11.2 Å². The van der Waals surface area contributed by atoms with Gasteiger partial charge in [-0.3, -0.25) is 9.88 Å². The maximum atomic E-state index is 4.64. The summed E-state index contributed by atoms with van der Waals surface area (Å²) in [5, 5.41) is 3.51. The fourth-order valence-corrected chi connectivity index (χ4v) is 2.44. The number of nitrogens with zero attached hydrogens (tertiary/aromatic N) is 3. The molecule has 0 aliphatic carbocycles. The maximum Gasteiger partial charge on any atom is 0.161 e. The maximum absolute atomic E-state index is 4.64. The van der Waals surface area contributed by atoms with Crippen molar-refractivity contribution < 1.29 is 0 Å². The molecule has 0 saturated carbocycles. The van der Waals surface area contributed by atoms with E-state index in [2.05, 4.69) is 26.8 Å². The van der Waals surface area contributed by atoms with Gasteiger partial charge in [0, 0.05) is 12.6 Å². The summed E-state index contributed by atoms with van der Waals surface area (Å²) in [6, 6.07) is 3.98. The van der Waals surface area contributed by atoms with Gasteiger partial charge in [0.1, 0.15) is 11.3 Å². The minimum atomic E-state index is 0.384. The van der Waals surface area contributed by atoms with E-state index in [1.807, 2.05) is 18.3 Å². The molecule has 0 bridgehead atoms. The summed E-state index contributed by atoms with van der Waals surface area (Å²) in [5.41, 5.74) is 2.02. The van der Waals surface area contributed by atoms with Gasteiger partial charge in [-0.15, -0.1) is 0 Å². The highest BCUT2D eigenvalue weighted by molar-refractivity contribution is 5.71. The Bertz CT molecular complexity index is 497. The second-order valence-corrected chi connectivity index (χ2v) is 4.21. The zero-order valence-corrected chi connectivity index (χ0v) is 9.48. The minimum Gasteiger partial charge on any atom is -0.297 e. The van der Waals surface area contributed by atoms with Crippen molar-refractivity contribution in [2.24, 2.45) is 0 Å². The van der Waals surface area contributed by atoms with Crippen molar-refractivity contribution in [1.29, 1.82) is 0 Å². The Morgan fingerprint density at radius 3 is 3.25 bits per heavy atom. The van der Waals surface area contributed by atoms with Crippen LogP contribution >= 0.6 is 0 Å². The van der Waals surface area contributed by atoms with Crippen LogP contribution < -0.4 is 5.32 Å². The van der Waals surface area contributed by atoms with E-state index < -0.39 is 0 Å². The molecule has 0 amide bonds. The molecule has 1 saturated heterocycles. The lowest BCUT2D eigenvalue weighted by Gasteiger charge is -2.15. The van der Waals surface area contributed by atoms with E-state index in [4.69, 9.17) is 0 Å². The molecule has 1 atom stereocenters. The largest absolute Gasteiger partial charge is 0.297 e. The Hall–Kier alpha value is -1.42. The van der Waals surface area contributed by atoms with Crippen molar-refractivity contribution in [2.75, 3.05) is 6.54 Å². The first-order valence-corrected chi connectivity index (χ1v) is 5.95. The third-order valence-corrected chi connectivity index (χ3v) is 3.18. The topological polar surface area (TPSA) is 42.7 Å². The number of hydrogen-bond donors (Lipinski definition) is 1. The normalized spacial score (nSPS) is 20.7. The van der Waals surface area contributed by atoms with Crippen LogP contribution in [0.4, 0.5) is 0 Å². The van der Waals surface area contributed by atoms with E-state index >= 15 is 0 Å². The van der Waals surface area contributed by atoms with Gasteiger partial charge in [0.2, 0.25) is 0 Å². The monoisotopic (exact) mass is 216 g/mol. The zero-order chi connectivity index (χ0) is 11.0. The van der Waals surface area contributed by atoms with E-state index in [1.54, 1.807) is 0 Å². The van der Waals surface area contributed by atoms with Gasteiger partial charge in [0.15, 0.2) is 5.65 Å². The molecule has 16 heavy (non-hydrogen) atoms. The summed E-state index contributed by atoms with van der Waals surface area (Å²) in [5.74, 6) is 1.13. The van der Waals surface area contributed by atoms with Crippen LogP contribution in [0.2, 0.25) is 0 Å². The lowest BCUT2D eigenvalue weighted by molar-refractivity contribution is 0.463. The average molecular weight is 216 g/mol. The number of rotatable bonds is 2. The molecule has 0 spiro atoms. The highest BCUT2D eigenvalue weighted by atomic mass is 15.2. The van der Waals surface area contributed by atoms with Gasteiger partial charge < -0.3 is 0 Å². The number of fused-ring (bicyclic) bond motifs is 1. The fraction of sp³-hybridized carbons (Fsp3) is 0.500. The summed E-state index contributed by atoms with van der Waals surface area (Å²) in [7, 11) is 0. The Kier molecular flexibility index (Phi) is 2.36. The molecule has 0 radical (unpaired) electrons. The number of imidazole rings is 1. The Balaban J connectivity index is 2.18. The van der Waals surface area contributed by atoms with Crippen molar-refractivity contribution in [3.8, 4) is 0 Å². The zero-order valence-electron chi connectivity index (χ0n) is 9.48. The van der Waals surface area contributed by atoms with Gasteiger partial charge in [-0.1, -0.05) is 6.92 Å². The molecule has 2 aromatic rings. The third kappa shape index (κ3) is 1.41. The van der Waals surface area contributed by atoms with Gasteiger partial charge >= 0.3 is 0 Å². The van der Waals surface area contributed by atoms with Crippen molar-refractivity contribution >= 4 is 11.2 Å². The Labute approximate surface area is 94.7 Å². The van der Waals surface area contributed by atoms with Crippen LogP contribution in [0.1, 0.15) is 31.8 Å². The van der Waals surface area contributed by atoms with Crippen molar-refractivity contribution in [3.05, 3.63) is 24.2 Å². The van der Waals surface area contributed by atoms with E-state index in [0.717, 1.165) is 30.0 Å². The van der Waals surface area contributed by atoms with Crippen LogP contribution in [-0.2, 0) is 6.42 Å². The van der Waals surface area contributed by atoms with Crippen LogP contribution in [0, 0.1) is 0 Å². The smallest absolute Gasteiger partial charge is 0.161 e. The highest BCUT2D eigenvalue weighted by Gasteiger charge is 2.21. The number of pyridine rings is 1. The fourth-order valence-electron chi connectivity index (χ4n) is 2.44. The quantitative estimate of drug-likeness (QED) is 0.833. The molecule has 1 fully saturated rings. The van der Waals surface area contributed by atoms with Crippen molar-refractivity contribution in [2.45, 2.75) is 32.4 Å². The van der Waals surface area contributed by atoms with Gasteiger partial charge in [0.25, 0.3) is 0 Å². The van der Waals surface area contributed by atoms with E-state index in [9.17, 15) is 0 Å². The molecule has 0 aromatic carbocycles. The van der Waals surface area contributed by atoms with Crippen molar-refractivity contribution in [3.63, 3.8) is 0 Å². The SMILES string of the molecule is CCc1nc2cccnc2n1C1CCCN1. The van der Waals surface area contributed by atoms with Crippen LogP contribution in [0.15, 0.2) is 18.3 Å². The second kappa shape index (κ2) is 3.87. The van der Waals surface area contributed by atoms with Gasteiger partial charge in [-0.05, 0) is 31.5 Å². The van der Waals surface area contributed by atoms with Crippen LogP contribution in [0.5, 0.6) is 0 Å². The molecular formula is C12H16N4. The van der Waals surface area contributed by atoms with Crippen molar-refractivity contribution in [1.82, 2.24) is 19.9 Å². The number of aryl methyl sites for hydroxylation is 1. The number of hydrogen-bond acceptors (Lipinski definition) is 3. The first-order chi connectivity index (χ1) is 7.90. The van der Waals surface area contributed by atoms with Crippen LogP contribution in [-0.4, -0.2) is 21.1 Å². The summed E-state index contributed by atoms with van der Waals surface area (Å²) in [6.45, 7) is 3.24. The van der Waals surface area contributed by atoms with Crippen LogP contribution in [0.3, 0.4) is 0 Å². The molecule has 4 nitrogen and oxygen atoms in total. The predicted octanol–water partition coefficient (Wildman–Crippen LogP) is 1.88. The third-order valence-electron chi connectivity index (χ3n) is 3.18. The number of aromatic nitrogens is 3. The van der Waals surface area contributed by atoms with Gasteiger partial charge in [-0.2, -0.15) is 0 Å². The lowest BCUT2D eigenvalue weighted by Crippen LogP contribution is -2.21. The molecule has 1 aliphatic rings. The summed E-state index contributed by atoms with van der Waals surface area (Å²) in [4.78, 5) is 9.09. The molecule has 4 heteroatoms. The summed E-state index contributed by atoms with van der Waals surface area (Å²) >= 11 is 0. The van der Waals surface area contributed by atoms with Gasteiger partial charge in [0.05, 0.1) is 6.17 Å². The Morgan fingerprint density at radius 1 is 1.56 bits per heavy atom. The molecule has 1 N–H and O–H groups in total. The highest BCUT2D eigenvalue weighted by Crippen LogP contribution is 2.24. The molecule has 3 rings (SSSR count). The molecule has 84 valence electrons. The summed E-state index contributed by atoms with van der Waals surface area (Å²) < 4.78 is 2.27. The van der Waals surface area contributed by atoms with E-state index in [0.29, 0.717) is 6.17 Å². The van der Waals surface area contributed by atoms with E-state index in [-0.39, 0.29) is 0 Å². The standard InChI is InChI=1S/C12H16N4/c1-2-10-15-9-5-3-8-14-12(9)16(10)11-6-4-7-13-11/h3,5,8,11,13H,2,4,6-7H2,1H3. The number of nitrogens with one attached hydrogen (secondary N) is 1. The second-order valence-electron chi connectivity index (χ2n) is 4.21. The molecule has 3 heterocycles. The molecule has 2 aromatic heterocycles. The predicted molar refractivity (Wildman–Crippen MR) is 63.2 cm³/mol. The molecular weight excluding hydrogens is 200 g/mol.